The van der Waals surface area contributed by atoms with E-state index in [-0.39, 0.29) is 18.1 Å². The van der Waals surface area contributed by atoms with Gasteiger partial charge in [0.15, 0.2) is 5.78 Å². The molecule has 0 aromatic carbocycles. The van der Waals surface area contributed by atoms with Crippen molar-refractivity contribution in [3.63, 3.8) is 0 Å². The molecule has 0 spiro atoms. The second kappa shape index (κ2) is 7.21. The van der Waals surface area contributed by atoms with E-state index in [0.717, 1.165) is 6.42 Å². The SMILES string of the molecule is CCC(C)CS(=O)CC(=O)COC. The highest BCUT2D eigenvalue weighted by molar-refractivity contribution is 7.85. The standard InChI is InChI=1S/C9H18O3S/c1-4-8(2)6-13(11)7-9(10)5-12-3/h8H,4-7H2,1-3H3. The topological polar surface area (TPSA) is 43.4 Å². The summed E-state index contributed by atoms with van der Waals surface area (Å²) in [6.45, 7) is 4.17. The summed E-state index contributed by atoms with van der Waals surface area (Å²) >= 11 is 0. The van der Waals surface area contributed by atoms with E-state index in [1.807, 2.05) is 6.92 Å². The molecule has 0 heterocycles. The number of hydrogen-bond donors (Lipinski definition) is 0. The molecule has 0 radical (unpaired) electrons. The van der Waals surface area contributed by atoms with Gasteiger partial charge in [0.05, 0.1) is 5.75 Å². The van der Waals surface area contributed by atoms with Crippen LogP contribution in [0.2, 0.25) is 0 Å². The molecule has 0 bridgehead atoms. The van der Waals surface area contributed by atoms with Crippen molar-refractivity contribution in [3.8, 4) is 0 Å². The summed E-state index contributed by atoms with van der Waals surface area (Å²) in [7, 11) is 0.457. The lowest BCUT2D eigenvalue weighted by atomic mass is 10.2. The van der Waals surface area contributed by atoms with E-state index < -0.39 is 10.8 Å². The Labute approximate surface area is 82.3 Å². The van der Waals surface area contributed by atoms with Gasteiger partial charge in [0.1, 0.15) is 6.61 Å². The lowest BCUT2D eigenvalue weighted by Gasteiger charge is -2.06. The molecule has 3 nitrogen and oxygen atoms in total. The average Bonchev–Trinajstić information content (AvgIpc) is 2.04. The Hall–Kier alpha value is -0.220. The van der Waals surface area contributed by atoms with Gasteiger partial charge in [0.25, 0.3) is 0 Å². The van der Waals surface area contributed by atoms with Gasteiger partial charge in [-0.25, -0.2) is 0 Å². The third-order valence-corrected chi connectivity index (χ3v) is 3.38. The number of methoxy groups -OCH3 is 1. The molecule has 4 heteroatoms. The summed E-state index contributed by atoms with van der Waals surface area (Å²) in [5, 5.41) is 0. The Balaban J connectivity index is 3.67. The predicted octanol–water partition coefficient (Wildman–Crippen LogP) is 0.997. The third-order valence-electron chi connectivity index (χ3n) is 1.79. The molecule has 0 aliphatic carbocycles. The van der Waals surface area contributed by atoms with E-state index in [2.05, 4.69) is 11.7 Å². The Morgan fingerprint density at radius 3 is 2.62 bits per heavy atom. The second-order valence-electron chi connectivity index (χ2n) is 3.24. The first-order valence-corrected chi connectivity index (χ1v) is 5.94. The van der Waals surface area contributed by atoms with Crippen molar-refractivity contribution >= 4 is 16.6 Å². The minimum atomic E-state index is -1.01. The zero-order valence-corrected chi connectivity index (χ0v) is 9.36. The summed E-state index contributed by atoms with van der Waals surface area (Å²) in [5.74, 6) is 1.10. The van der Waals surface area contributed by atoms with Crippen LogP contribution in [-0.4, -0.2) is 35.2 Å². The summed E-state index contributed by atoms with van der Waals surface area (Å²) in [6, 6.07) is 0. The summed E-state index contributed by atoms with van der Waals surface area (Å²) in [6.07, 6.45) is 1.00. The fraction of sp³-hybridized carbons (Fsp3) is 0.889. The highest BCUT2D eigenvalue weighted by Gasteiger charge is 2.10. The maximum atomic E-state index is 11.3. The van der Waals surface area contributed by atoms with Crippen molar-refractivity contribution in [1.82, 2.24) is 0 Å². The summed E-state index contributed by atoms with van der Waals surface area (Å²) in [4.78, 5) is 11.0. The van der Waals surface area contributed by atoms with Crippen LogP contribution < -0.4 is 0 Å². The largest absolute Gasteiger partial charge is 0.377 e. The Morgan fingerprint density at radius 2 is 2.15 bits per heavy atom. The maximum absolute atomic E-state index is 11.3. The molecule has 0 fully saturated rings. The molecule has 0 rings (SSSR count). The van der Waals surface area contributed by atoms with Crippen LogP contribution in [0.5, 0.6) is 0 Å². The lowest BCUT2D eigenvalue weighted by molar-refractivity contribution is -0.120. The van der Waals surface area contributed by atoms with Crippen LogP contribution in [0.15, 0.2) is 0 Å². The molecule has 0 aliphatic rings. The minimum Gasteiger partial charge on any atom is -0.377 e. The van der Waals surface area contributed by atoms with Crippen LogP contribution in [0.1, 0.15) is 20.3 Å². The number of hydrogen-bond acceptors (Lipinski definition) is 3. The lowest BCUT2D eigenvalue weighted by Crippen LogP contribution is -2.19. The van der Waals surface area contributed by atoms with Crippen molar-refractivity contribution < 1.29 is 13.7 Å². The number of carbonyl (C=O) groups is 1. The van der Waals surface area contributed by atoms with Crippen LogP contribution in [0.25, 0.3) is 0 Å². The normalized spacial score (nSPS) is 15.3. The van der Waals surface area contributed by atoms with Crippen molar-refractivity contribution in [3.05, 3.63) is 0 Å². The molecule has 2 unspecified atom stereocenters. The van der Waals surface area contributed by atoms with E-state index in [9.17, 15) is 9.00 Å². The van der Waals surface area contributed by atoms with Gasteiger partial charge in [0.2, 0.25) is 0 Å². The maximum Gasteiger partial charge on any atom is 0.170 e. The number of carbonyl (C=O) groups excluding carboxylic acids is 1. The minimum absolute atomic E-state index is 0.0756. The first kappa shape index (κ1) is 12.8. The van der Waals surface area contributed by atoms with E-state index in [0.29, 0.717) is 11.7 Å². The molecular weight excluding hydrogens is 188 g/mol. The average molecular weight is 206 g/mol. The van der Waals surface area contributed by atoms with Gasteiger partial charge < -0.3 is 4.74 Å². The second-order valence-corrected chi connectivity index (χ2v) is 4.74. The van der Waals surface area contributed by atoms with Gasteiger partial charge in [-0.3, -0.25) is 9.00 Å². The van der Waals surface area contributed by atoms with Crippen molar-refractivity contribution in [2.75, 3.05) is 25.2 Å². The number of Topliss-reactive ketones (excluding diaryl/α,β-unsaturated/α-hetero) is 1. The molecule has 0 aromatic heterocycles. The van der Waals surface area contributed by atoms with Crippen molar-refractivity contribution in [1.29, 1.82) is 0 Å². The zero-order valence-electron chi connectivity index (χ0n) is 8.54. The van der Waals surface area contributed by atoms with Gasteiger partial charge in [0, 0.05) is 23.7 Å². The number of ketones is 1. The van der Waals surface area contributed by atoms with E-state index in [4.69, 9.17) is 0 Å². The zero-order chi connectivity index (χ0) is 10.3. The number of rotatable bonds is 7. The Bertz CT molecular complexity index is 180. The molecule has 0 aliphatic heterocycles. The fourth-order valence-corrected chi connectivity index (χ4v) is 2.31. The van der Waals surface area contributed by atoms with Crippen molar-refractivity contribution in [2.45, 2.75) is 20.3 Å². The monoisotopic (exact) mass is 206 g/mol. The van der Waals surface area contributed by atoms with Gasteiger partial charge in [-0.15, -0.1) is 0 Å². The van der Waals surface area contributed by atoms with Crippen LogP contribution in [0.3, 0.4) is 0 Å². The third kappa shape index (κ3) is 6.90. The molecule has 2 atom stereocenters. The molecule has 0 amide bonds. The van der Waals surface area contributed by atoms with Gasteiger partial charge in [-0.1, -0.05) is 20.3 Å². The fourth-order valence-electron chi connectivity index (χ4n) is 0.876. The van der Waals surface area contributed by atoms with Crippen molar-refractivity contribution in [2.24, 2.45) is 5.92 Å². The molecule has 0 aromatic rings. The summed E-state index contributed by atoms with van der Waals surface area (Å²) in [5.41, 5.74) is 0. The first-order chi connectivity index (χ1) is 6.10. The Morgan fingerprint density at radius 1 is 1.54 bits per heavy atom. The van der Waals surface area contributed by atoms with Crippen LogP contribution in [0.4, 0.5) is 0 Å². The highest BCUT2D eigenvalue weighted by Crippen LogP contribution is 2.02. The highest BCUT2D eigenvalue weighted by atomic mass is 32.2. The molecule has 78 valence electrons. The van der Waals surface area contributed by atoms with E-state index in [1.54, 1.807) is 0 Å². The molecular formula is C9H18O3S. The van der Waals surface area contributed by atoms with E-state index >= 15 is 0 Å². The van der Waals surface area contributed by atoms with Crippen LogP contribution >= 0.6 is 0 Å². The Kier molecular flexibility index (Phi) is 7.09. The van der Waals surface area contributed by atoms with Gasteiger partial charge >= 0.3 is 0 Å². The van der Waals surface area contributed by atoms with Gasteiger partial charge in [-0.2, -0.15) is 0 Å². The molecule has 0 saturated heterocycles. The van der Waals surface area contributed by atoms with Crippen LogP contribution in [0, 0.1) is 5.92 Å². The molecule has 0 N–H and O–H groups in total. The predicted molar refractivity (Wildman–Crippen MR) is 54.2 cm³/mol. The molecule has 13 heavy (non-hydrogen) atoms. The van der Waals surface area contributed by atoms with Gasteiger partial charge in [-0.05, 0) is 5.92 Å². The van der Waals surface area contributed by atoms with Crippen LogP contribution in [-0.2, 0) is 20.3 Å². The quantitative estimate of drug-likeness (QED) is 0.624. The summed E-state index contributed by atoms with van der Waals surface area (Å²) < 4.78 is 16.0. The first-order valence-electron chi connectivity index (χ1n) is 4.45. The molecule has 0 saturated carbocycles. The van der Waals surface area contributed by atoms with E-state index in [1.165, 1.54) is 7.11 Å². The smallest absolute Gasteiger partial charge is 0.170 e. The number of ether oxygens (including phenoxy) is 1.